The molecule has 8 heteroatoms. The van der Waals surface area contributed by atoms with E-state index in [0.717, 1.165) is 0 Å². The van der Waals surface area contributed by atoms with E-state index in [2.05, 4.69) is 21.2 Å². The van der Waals surface area contributed by atoms with Crippen LogP contribution in [0.3, 0.4) is 0 Å². The zero-order chi connectivity index (χ0) is 15.5. The molecule has 112 valence electrons. The highest BCUT2D eigenvalue weighted by Gasteiger charge is 2.17. The largest absolute Gasteiger partial charge is 0.324 e. The van der Waals surface area contributed by atoms with Crippen LogP contribution < -0.4 is 16.2 Å². The molecule has 6 nitrogen and oxygen atoms in total. The number of carbonyl (C=O) groups is 1. The van der Waals surface area contributed by atoms with Crippen LogP contribution in [0.4, 0.5) is 5.69 Å². The van der Waals surface area contributed by atoms with E-state index in [1.165, 1.54) is 18.2 Å². The number of nitrogens with two attached hydrogens (primary N) is 2. The summed E-state index contributed by atoms with van der Waals surface area (Å²) in [6, 6.07) is 3.51. The van der Waals surface area contributed by atoms with Crippen molar-refractivity contribution in [2.24, 2.45) is 16.8 Å². The second-order valence-corrected chi connectivity index (χ2v) is 7.33. The summed E-state index contributed by atoms with van der Waals surface area (Å²) < 4.78 is 22.8. The summed E-state index contributed by atoms with van der Waals surface area (Å²) in [5.74, 6) is -0.00768. The Kier molecular flexibility index (Phi) is 5.69. The maximum Gasteiger partial charge on any atom is 0.241 e. The lowest BCUT2D eigenvalue weighted by atomic mass is 10.0. The van der Waals surface area contributed by atoms with E-state index in [1.54, 1.807) is 0 Å². The fraction of sp³-hybridized carbons (Fsp3) is 0.417. The van der Waals surface area contributed by atoms with Crippen LogP contribution in [0.5, 0.6) is 0 Å². The molecule has 1 aromatic carbocycles. The highest BCUT2D eigenvalue weighted by Crippen LogP contribution is 2.25. The number of sulfonamides is 1. The molecule has 1 unspecified atom stereocenters. The van der Waals surface area contributed by atoms with Gasteiger partial charge < -0.3 is 11.1 Å². The van der Waals surface area contributed by atoms with Gasteiger partial charge in [-0.15, -0.1) is 0 Å². The first-order valence-electron chi connectivity index (χ1n) is 6.00. The van der Waals surface area contributed by atoms with Gasteiger partial charge in [0.05, 0.1) is 16.6 Å². The van der Waals surface area contributed by atoms with Gasteiger partial charge in [-0.1, -0.05) is 13.8 Å². The SMILES string of the molecule is CC(C)CC(N)C(=O)Nc1ccc(S(N)(=O)=O)cc1Br. The van der Waals surface area contributed by atoms with Gasteiger partial charge >= 0.3 is 0 Å². The van der Waals surface area contributed by atoms with E-state index < -0.39 is 16.1 Å². The second-order valence-electron chi connectivity index (χ2n) is 4.91. The molecule has 0 aliphatic heterocycles. The summed E-state index contributed by atoms with van der Waals surface area (Å²) in [6.45, 7) is 3.95. The molecular formula is C12H18BrN3O3S. The van der Waals surface area contributed by atoms with Gasteiger partial charge in [0.15, 0.2) is 0 Å². The smallest absolute Gasteiger partial charge is 0.241 e. The average Bonchev–Trinajstić information content (AvgIpc) is 2.29. The van der Waals surface area contributed by atoms with Gasteiger partial charge in [0, 0.05) is 4.47 Å². The van der Waals surface area contributed by atoms with E-state index in [9.17, 15) is 13.2 Å². The Morgan fingerprint density at radius 1 is 1.40 bits per heavy atom. The minimum Gasteiger partial charge on any atom is -0.324 e. The van der Waals surface area contributed by atoms with Crippen LogP contribution in [0.2, 0.25) is 0 Å². The van der Waals surface area contributed by atoms with Gasteiger partial charge in [0.25, 0.3) is 0 Å². The molecule has 0 aromatic heterocycles. The molecule has 5 N–H and O–H groups in total. The van der Waals surface area contributed by atoms with Crippen molar-refractivity contribution in [3.8, 4) is 0 Å². The lowest BCUT2D eigenvalue weighted by Gasteiger charge is -2.15. The highest BCUT2D eigenvalue weighted by molar-refractivity contribution is 9.10. The van der Waals surface area contributed by atoms with E-state index >= 15 is 0 Å². The molecule has 1 rings (SSSR count). The first-order chi connectivity index (χ1) is 9.11. The Balaban J connectivity index is 2.87. The van der Waals surface area contributed by atoms with Crippen LogP contribution in [-0.4, -0.2) is 20.4 Å². The predicted octanol–water partition coefficient (Wildman–Crippen LogP) is 1.41. The second kappa shape index (κ2) is 6.66. The van der Waals surface area contributed by atoms with Crippen LogP contribution in [-0.2, 0) is 14.8 Å². The molecule has 0 bridgehead atoms. The Morgan fingerprint density at radius 3 is 2.45 bits per heavy atom. The van der Waals surface area contributed by atoms with Crippen LogP contribution in [0.1, 0.15) is 20.3 Å². The molecule has 0 aliphatic rings. The standard InChI is InChI=1S/C12H18BrN3O3S/c1-7(2)5-10(14)12(17)16-11-4-3-8(6-9(11)13)20(15,18)19/h3-4,6-7,10H,5,14H2,1-2H3,(H,16,17)(H2,15,18,19). The third-order valence-corrected chi connectivity index (χ3v) is 4.16. The zero-order valence-electron chi connectivity index (χ0n) is 11.3. The number of benzene rings is 1. The highest BCUT2D eigenvalue weighted by atomic mass is 79.9. The van der Waals surface area contributed by atoms with Crippen LogP contribution in [0, 0.1) is 5.92 Å². The molecule has 0 heterocycles. The van der Waals surface area contributed by atoms with E-state index in [1.807, 2.05) is 13.8 Å². The maximum atomic E-state index is 11.9. The van der Waals surface area contributed by atoms with Crippen LogP contribution in [0.15, 0.2) is 27.6 Å². The lowest BCUT2D eigenvalue weighted by Crippen LogP contribution is -2.36. The molecule has 0 spiro atoms. The minimum absolute atomic E-state index is 0.0335. The molecule has 0 aliphatic carbocycles. The molecule has 0 radical (unpaired) electrons. The van der Waals surface area contributed by atoms with Gasteiger partial charge in [-0.25, -0.2) is 13.6 Å². The molecule has 1 aromatic rings. The fourth-order valence-corrected chi connectivity index (χ4v) is 2.78. The number of hydrogen-bond donors (Lipinski definition) is 3. The molecule has 1 amide bonds. The zero-order valence-corrected chi connectivity index (χ0v) is 13.7. The van der Waals surface area contributed by atoms with Crippen molar-refractivity contribution in [3.05, 3.63) is 22.7 Å². The van der Waals surface area contributed by atoms with Gasteiger partial charge in [0.2, 0.25) is 15.9 Å². The average molecular weight is 364 g/mol. The summed E-state index contributed by atoms with van der Waals surface area (Å²) in [5.41, 5.74) is 6.22. The number of halogens is 1. The summed E-state index contributed by atoms with van der Waals surface area (Å²) in [5, 5.41) is 7.67. The Labute approximate surface area is 127 Å². The van der Waals surface area contributed by atoms with Crippen molar-refractivity contribution >= 4 is 37.5 Å². The van der Waals surface area contributed by atoms with E-state index in [-0.39, 0.29) is 10.8 Å². The van der Waals surface area contributed by atoms with Crippen LogP contribution in [0.25, 0.3) is 0 Å². The van der Waals surface area contributed by atoms with E-state index in [0.29, 0.717) is 22.5 Å². The number of anilines is 1. The van der Waals surface area contributed by atoms with Crippen molar-refractivity contribution in [1.29, 1.82) is 0 Å². The first-order valence-corrected chi connectivity index (χ1v) is 8.34. The number of hydrogen-bond acceptors (Lipinski definition) is 4. The molecule has 0 saturated carbocycles. The summed E-state index contributed by atoms with van der Waals surface area (Å²) in [4.78, 5) is 11.8. The third kappa shape index (κ3) is 4.86. The summed E-state index contributed by atoms with van der Waals surface area (Å²) in [7, 11) is -3.77. The number of rotatable bonds is 5. The lowest BCUT2D eigenvalue weighted by molar-refractivity contribution is -0.117. The van der Waals surface area contributed by atoms with Gasteiger partial charge in [0.1, 0.15) is 0 Å². The van der Waals surface area contributed by atoms with Crippen molar-refractivity contribution in [1.82, 2.24) is 0 Å². The molecular weight excluding hydrogens is 346 g/mol. The van der Waals surface area contributed by atoms with Gasteiger partial charge in [-0.3, -0.25) is 4.79 Å². The topological polar surface area (TPSA) is 115 Å². The third-order valence-electron chi connectivity index (χ3n) is 2.59. The molecule has 0 saturated heterocycles. The van der Waals surface area contributed by atoms with Crippen molar-refractivity contribution < 1.29 is 13.2 Å². The monoisotopic (exact) mass is 363 g/mol. The van der Waals surface area contributed by atoms with Gasteiger partial charge in [-0.05, 0) is 46.5 Å². The normalized spacial score (nSPS) is 13.3. The van der Waals surface area contributed by atoms with Crippen molar-refractivity contribution in [3.63, 3.8) is 0 Å². The van der Waals surface area contributed by atoms with Crippen molar-refractivity contribution in [2.75, 3.05) is 5.32 Å². The predicted molar refractivity (Wildman–Crippen MR) is 81.6 cm³/mol. The number of nitrogens with one attached hydrogen (secondary N) is 1. The summed E-state index contributed by atoms with van der Waals surface area (Å²) in [6.07, 6.45) is 0.568. The summed E-state index contributed by atoms with van der Waals surface area (Å²) >= 11 is 3.19. The fourth-order valence-electron chi connectivity index (χ4n) is 1.61. The maximum absolute atomic E-state index is 11.9. The Hall–Kier alpha value is -0.960. The minimum atomic E-state index is -3.77. The van der Waals surface area contributed by atoms with E-state index in [4.69, 9.17) is 10.9 Å². The number of primary sulfonamides is 1. The first kappa shape index (κ1) is 17.1. The Morgan fingerprint density at radius 2 is 2.00 bits per heavy atom. The Bertz CT molecular complexity index is 602. The quantitative estimate of drug-likeness (QED) is 0.733. The van der Waals surface area contributed by atoms with Crippen LogP contribution >= 0.6 is 15.9 Å². The molecule has 20 heavy (non-hydrogen) atoms. The number of amides is 1. The van der Waals surface area contributed by atoms with Gasteiger partial charge in [-0.2, -0.15) is 0 Å². The molecule has 0 fully saturated rings. The molecule has 1 atom stereocenters. The van der Waals surface area contributed by atoms with Crippen molar-refractivity contribution in [2.45, 2.75) is 31.2 Å². The number of carbonyl (C=O) groups excluding carboxylic acids is 1.